The number of nitrogens with one attached hydrogen (secondary N) is 2. The number of hydrogen-bond acceptors (Lipinski definition) is 7. The number of thioether (sulfide) groups is 1. The molecule has 0 radical (unpaired) electrons. The topological polar surface area (TPSA) is 117 Å². The number of benzene rings is 2. The summed E-state index contributed by atoms with van der Waals surface area (Å²) >= 11 is 1.53. The second-order valence-corrected chi connectivity index (χ2v) is 12.0. The van der Waals surface area contributed by atoms with E-state index >= 15 is 0 Å². The highest BCUT2D eigenvalue weighted by atomic mass is 32.2. The van der Waals surface area contributed by atoms with Gasteiger partial charge >= 0.3 is 6.09 Å². The molecule has 2 unspecified atom stereocenters. The van der Waals surface area contributed by atoms with Gasteiger partial charge in [-0.05, 0) is 90.3 Å². The maximum Gasteiger partial charge on any atom is 0.408 e. The van der Waals surface area contributed by atoms with Crippen LogP contribution < -0.4 is 15.4 Å². The van der Waals surface area contributed by atoms with Crippen LogP contribution in [0.25, 0.3) is 0 Å². The summed E-state index contributed by atoms with van der Waals surface area (Å²) in [5.41, 5.74) is -0.882. The lowest BCUT2D eigenvalue weighted by molar-refractivity contribution is -0.146. The van der Waals surface area contributed by atoms with E-state index in [9.17, 15) is 19.5 Å². The monoisotopic (exact) mass is 559 g/mol. The predicted octanol–water partition coefficient (Wildman–Crippen LogP) is 5.35. The van der Waals surface area contributed by atoms with Crippen LogP contribution in [-0.2, 0) is 14.3 Å². The van der Waals surface area contributed by atoms with Crippen LogP contribution in [0.4, 0.5) is 10.5 Å². The summed E-state index contributed by atoms with van der Waals surface area (Å²) in [6.07, 6.45) is 1.50. The molecule has 0 spiro atoms. The molecule has 2 atom stereocenters. The number of nitrogens with zero attached hydrogens (tertiary/aromatic N) is 1. The van der Waals surface area contributed by atoms with Crippen molar-refractivity contribution < 1.29 is 29.0 Å². The lowest BCUT2D eigenvalue weighted by Gasteiger charge is -2.43. The summed E-state index contributed by atoms with van der Waals surface area (Å²) in [6, 6.07) is 11.0. The first-order valence-corrected chi connectivity index (χ1v) is 14.1. The van der Waals surface area contributed by atoms with Crippen molar-refractivity contribution in [1.82, 2.24) is 10.2 Å². The van der Waals surface area contributed by atoms with Crippen LogP contribution in [0, 0.1) is 0 Å². The van der Waals surface area contributed by atoms with Gasteiger partial charge < -0.3 is 30.1 Å². The van der Waals surface area contributed by atoms with Gasteiger partial charge in [-0.2, -0.15) is 11.8 Å². The van der Waals surface area contributed by atoms with Crippen molar-refractivity contribution in [3.8, 4) is 11.5 Å². The fourth-order valence-corrected chi connectivity index (χ4v) is 4.43. The fourth-order valence-electron chi connectivity index (χ4n) is 3.96. The van der Waals surface area contributed by atoms with Gasteiger partial charge in [0.15, 0.2) is 0 Å². The number of methoxy groups -OCH3 is 1. The molecule has 2 aromatic carbocycles. The van der Waals surface area contributed by atoms with E-state index < -0.39 is 41.1 Å². The van der Waals surface area contributed by atoms with Crippen molar-refractivity contribution in [1.29, 1.82) is 0 Å². The summed E-state index contributed by atoms with van der Waals surface area (Å²) in [5, 5.41) is 16.4. The van der Waals surface area contributed by atoms with E-state index in [2.05, 4.69) is 10.6 Å². The normalized spacial score (nSPS) is 13.1. The maximum absolute atomic E-state index is 14.2. The van der Waals surface area contributed by atoms with Crippen LogP contribution in [0.15, 0.2) is 48.5 Å². The first kappa shape index (κ1) is 31.8. The van der Waals surface area contributed by atoms with Gasteiger partial charge in [0.25, 0.3) is 5.91 Å². The number of carbonyl (C=O) groups excluding carboxylic acids is 3. The molecule has 0 aromatic heterocycles. The first-order valence-electron chi connectivity index (χ1n) is 12.7. The molecule has 214 valence electrons. The molecule has 0 fully saturated rings. The number of aromatic hydroxyl groups is 1. The predicted molar refractivity (Wildman–Crippen MR) is 155 cm³/mol. The quantitative estimate of drug-likeness (QED) is 0.359. The van der Waals surface area contributed by atoms with Gasteiger partial charge in [0, 0.05) is 16.8 Å². The standard InChI is InChI=1S/C29H41N3O6S/c1-28(2,3)32(26(35)22(17-18-39-8)31-27(36)38-29(4,5)6)24(21-11-9-10-12-23(21)33)25(34)30-19-13-15-20(37-7)16-14-19/h9-16,22,24,33H,17-18H2,1-8H3,(H,30,34)(H,31,36). The Bertz CT molecular complexity index is 1130. The van der Waals surface area contributed by atoms with E-state index in [1.54, 1.807) is 91.1 Å². The number of ether oxygens (including phenoxy) is 2. The number of phenols is 1. The van der Waals surface area contributed by atoms with Crippen LogP contribution >= 0.6 is 11.8 Å². The van der Waals surface area contributed by atoms with Crippen molar-refractivity contribution in [3.05, 3.63) is 54.1 Å². The van der Waals surface area contributed by atoms with Crippen molar-refractivity contribution in [2.75, 3.05) is 24.4 Å². The molecule has 0 aliphatic rings. The van der Waals surface area contributed by atoms with Gasteiger partial charge in [-0.25, -0.2) is 4.79 Å². The number of hydrogen-bond donors (Lipinski definition) is 3. The van der Waals surface area contributed by atoms with E-state index in [0.29, 0.717) is 23.6 Å². The molecule has 3 N–H and O–H groups in total. The van der Waals surface area contributed by atoms with Gasteiger partial charge in [0.2, 0.25) is 5.91 Å². The molecule has 3 amide bonds. The average Bonchev–Trinajstić information content (AvgIpc) is 2.83. The molecule has 0 saturated carbocycles. The van der Waals surface area contributed by atoms with Gasteiger partial charge in [0.1, 0.15) is 29.2 Å². The number of alkyl carbamates (subject to hydrolysis) is 1. The second-order valence-electron chi connectivity index (χ2n) is 11.0. The highest BCUT2D eigenvalue weighted by Gasteiger charge is 2.42. The Balaban J connectivity index is 2.56. The van der Waals surface area contributed by atoms with Gasteiger partial charge in [-0.1, -0.05) is 18.2 Å². The highest BCUT2D eigenvalue weighted by molar-refractivity contribution is 7.98. The van der Waals surface area contributed by atoms with Crippen LogP contribution in [-0.4, -0.2) is 64.2 Å². The summed E-state index contributed by atoms with van der Waals surface area (Å²) in [4.78, 5) is 42.2. The smallest absolute Gasteiger partial charge is 0.408 e. The lowest BCUT2D eigenvalue weighted by Crippen LogP contribution is -2.58. The fraction of sp³-hybridized carbons (Fsp3) is 0.483. The molecule has 0 heterocycles. The highest BCUT2D eigenvalue weighted by Crippen LogP contribution is 2.35. The third-order valence-electron chi connectivity index (χ3n) is 5.66. The van der Waals surface area contributed by atoms with Crippen molar-refractivity contribution >= 4 is 35.4 Å². The number of phenolic OH excluding ortho intramolecular Hbond substituents is 1. The molecule has 9 nitrogen and oxygen atoms in total. The van der Waals surface area contributed by atoms with Crippen molar-refractivity contribution in [2.45, 2.75) is 71.2 Å². The summed E-state index contributed by atoms with van der Waals surface area (Å²) < 4.78 is 10.6. The average molecular weight is 560 g/mol. The summed E-state index contributed by atoms with van der Waals surface area (Å²) in [5.74, 6) is 0.0897. The number of carbonyl (C=O) groups is 3. The number of para-hydroxylation sites is 1. The first-order chi connectivity index (χ1) is 18.2. The van der Waals surface area contributed by atoms with Gasteiger partial charge in [-0.15, -0.1) is 0 Å². The second kappa shape index (κ2) is 13.6. The maximum atomic E-state index is 14.2. The van der Waals surface area contributed by atoms with Crippen LogP contribution in [0.2, 0.25) is 0 Å². The Morgan fingerprint density at radius 3 is 2.13 bits per heavy atom. The third-order valence-corrected chi connectivity index (χ3v) is 6.30. The van der Waals surface area contributed by atoms with E-state index in [-0.39, 0.29) is 11.3 Å². The molecule has 39 heavy (non-hydrogen) atoms. The minimum atomic E-state index is -1.21. The van der Waals surface area contributed by atoms with Crippen LogP contribution in [0.1, 0.15) is 59.6 Å². The zero-order valence-electron chi connectivity index (χ0n) is 24.0. The minimum absolute atomic E-state index is 0.129. The Morgan fingerprint density at radius 1 is 1.00 bits per heavy atom. The Morgan fingerprint density at radius 2 is 1.62 bits per heavy atom. The third kappa shape index (κ3) is 9.38. The van der Waals surface area contributed by atoms with E-state index in [0.717, 1.165) is 0 Å². The molecule has 0 aliphatic carbocycles. The van der Waals surface area contributed by atoms with Crippen molar-refractivity contribution in [2.24, 2.45) is 0 Å². The Kier molecular flexibility index (Phi) is 11.1. The zero-order valence-corrected chi connectivity index (χ0v) is 24.8. The Labute approximate surface area is 235 Å². The molecule has 10 heteroatoms. The zero-order chi connectivity index (χ0) is 29.4. The largest absolute Gasteiger partial charge is 0.508 e. The van der Waals surface area contributed by atoms with E-state index in [1.165, 1.54) is 22.7 Å². The van der Waals surface area contributed by atoms with Gasteiger partial charge in [-0.3, -0.25) is 9.59 Å². The molecular formula is C29H41N3O6S. The summed E-state index contributed by atoms with van der Waals surface area (Å²) in [7, 11) is 1.55. The van der Waals surface area contributed by atoms with E-state index in [1.807, 2.05) is 6.26 Å². The number of rotatable bonds is 10. The minimum Gasteiger partial charge on any atom is -0.508 e. The van der Waals surface area contributed by atoms with Crippen molar-refractivity contribution in [3.63, 3.8) is 0 Å². The van der Waals surface area contributed by atoms with Gasteiger partial charge in [0.05, 0.1) is 7.11 Å². The summed E-state index contributed by atoms with van der Waals surface area (Å²) in [6.45, 7) is 10.6. The van der Waals surface area contributed by atoms with E-state index in [4.69, 9.17) is 9.47 Å². The number of anilines is 1. The van der Waals surface area contributed by atoms with Crippen LogP contribution in [0.3, 0.4) is 0 Å². The number of amides is 3. The van der Waals surface area contributed by atoms with Crippen LogP contribution in [0.5, 0.6) is 11.5 Å². The lowest BCUT2D eigenvalue weighted by atomic mass is 9.94. The molecule has 2 rings (SSSR count). The molecule has 0 bridgehead atoms. The Hall–Kier alpha value is -3.40. The molecule has 0 saturated heterocycles. The molecule has 0 aliphatic heterocycles. The molecule has 2 aromatic rings. The SMILES string of the molecule is COc1ccc(NC(=O)C(c2ccccc2O)N(C(=O)C(CCSC)NC(=O)OC(C)(C)C)C(C)(C)C)cc1. The molecular weight excluding hydrogens is 518 g/mol.